The maximum absolute atomic E-state index is 12.9. The fourth-order valence-corrected chi connectivity index (χ4v) is 3.05. The van der Waals surface area contributed by atoms with Gasteiger partial charge in [-0.2, -0.15) is 0 Å². The molecule has 1 heterocycles. The number of carbonyl (C=O) groups excluding carboxylic acids is 2. The van der Waals surface area contributed by atoms with Crippen molar-refractivity contribution in [2.24, 2.45) is 0 Å². The van der Waals surface area contributed by atoms with Crippen LogP contribution in [0.5, 0.6) is 5.75 Å². The van der Waals surface area contributed by atoms with Gasteiger partial charge in [-0.3, -0.25) is 9.59 Å². The van der Waals surface area contributed by atoms with Gasteiger partial charge in [-0.1, -0.05) is 12.1 Å². The van der Waals surface area contributed by atoms with Crippen LogP contribution in [0.2, 0.25) is 0 Å². The van der Waals surface area contributed by atoms with E-state index in [1.54, 1.807) is 31.4 Å². The van der Waals surface area contributed by atoms with Gasteiger partial charge in [0.1, 0.15) is 17.3 Å². The third-order valence-corrected chi connectivity index (χ3v) is 4.35. The molecular formula is C23H25N3O4. The summed E-state index contributed by atoms with van der Waals surface area (Å²) in [5.74, 6) is 1.76. The molecule has 0 fully saturated rings. The van der Waals surface area contributed by atoms with Crippen molar-refractivity contribution >= 4 is 23.2 Å². The SMILES string of the molecule is COc1ccccc1NC(=O)c1cc(CNCc2ccc(C)o2)cc(NC(C)=O)c1. The lowest BCUT2D eigenvalue weighted by atomic mass is 10.1. The molecule has 7 heteroatoms. The number of furan rings is 1. The van der Waals surface area contributed by atoms with Gasteiger partial charge in [0.25, 0.3) is 5.91 Å². The van der Waals surface area contributed by atoms with E-state index in [2.05, 4.69) is 16.0 Å². The van der Waals surface area contributed by atoms with Crippen molar-refractivity contribution in [3.05, 3.63) is 77.2 Å². The number of benzene rings is 2. The highest BCUT2D eigenvalue weighted by Crippen LogP contribution is 2.24. The van der Waals surface area contributed by atoms with E-state index in [9.17, 15) is 9.59 Å². The van der Waals surface area contributed by atoms with Crippen molar-refractivity contribution in [2.45, 2.75) is 26.9 Å². The van der Waals surface area contributed by atoms with E-state index in [-0.39, 0.29) is 11.8 Å². The smallest absolute Gasteiger partial charge is 0.255 e. The first-order valence-electron chi connectivity index (χ1n) is 9.56. The molecule has 0 aliphatic carbocycles. The Bertz CT molecular complexity index is 1040. The molecule has 0 aliphatic heterocycles. The molecule has 0 bridgehead atoms. The lowest BCUT2D eigenvalue weighted by Gasteiger charge is -2.13. The van der Waals surface area contributed by atoms with Crippen LogP contribution in [-0.2, 0) is 17.9 Å². The van der Waals surface area contributed by atoms with Gasteiger partial charge in [0.05, 0.1) is 19.3 Å². The summed E-state index contributed by atoms with van der Waals surface area (Å²) in [6.45, 7) is 4.38. The summed E-state index contributed by atoms with van der Waals surface area (Å²) in [6.07, 6.45) is 0. The Morgan fingerprint density at radius 1 is 1.00 bits per heavy atom. The van der Waals surface area contributed by atoms with Crippen LogP contribution >= 0.6 is 0 Å². The van der Waals surface area contributed by atoms with Gasteiger partial charge in [0, 0.05) is 24.7 Å². The van der Waals surface area contributed by atoms with Crippen LogP contribution in [0.25, 0.3) is 0 Å². The second kappa shape index (κ2) is 9.76. The lowest BCUT2D eigenvalue weighted by Crippen LogP contribution is -2.16. The number of anilines is 2. The number of para-hydroxylation sites is 2. The molecule has 0 aliphatic rings. The fraction of sp³-hybridized carbons (Fsp3) is 0.217. The molecule has 0 saturated carbocycles. The number of carbonyl (C=O) groups is 2. The molecule has 0 spiro atoms. The van der Waals surface area contributed by atoms with Gasteiger partial charge >= 0.3 is 0 Å². The zero-order valence-corrected chi connectivity index (χ0v) is 17.2. The number of methoxy groups -OCH3 is 1. The molecule has 0 saturated heterocycles. The van der Waals surface area contributed by atoms with Crippen molar-refractivity contribution in [3.63, 3.8) is 0 Å². The summed E-state index contributed by atoms with van der Waals surface area (Å²) in [6, 6.07) is 16.3. The van der Waals surface area contributed by atoms with Crippen LogP contribution in [0.1, 0.15) is 34.4 Å². The summed E-state index contributed by atoms with van der Waals surface area (Å²) < 4.78 is 10.8. The van der Waals surface area contributed by atoms with Gasteiger partial charge in [0.2, 0.25) is 5.91 Å². The molecule has 30 heavy (non-hydrogen) atoms. The van der Waals surface area contributed by atoms with E-state index < -0.39 is 0 Å². The van der Waals surface area contributed by atoms with Gasteiger partial charge in [-0.05, 0) is 55.0 Å². The zero-order chi connectivity index (χ0) is 21.5. The standard InChI is InChI=1S/C23H25N3O4/c1-15-8-9-20(30-15)14-24-13-17-10-18(12-19(11-17)25-16(2)27)23(28)26-21-6-4-5-7-22(21)29-3/h4-12,24H,13-14H2,1-3H3,(H,25,27)(H,26,28). The van der Waals surface area contributed by atoms with Crippen LogP contribution in [0.3, 0.4) is 0 Å². The third kappa shape index (κ3) is 5.71. The number of amides is 2. The number of hydrogen-bond acceptors (Lipinski definition) is 5. The maximum atomic E-state index is 12.9. The number of nitrogens with one attached hydrogen (secondary N) is 3. The Morgan fingerprint density at radius 3 is 2.50 bits per heavy atom. The molecule has 3 aromatic rings. The van der Waals surface area contributed by atoms with Crippen molar-refractivity contribution in [1.82, 2.24) is 5.32 Å². The third-order valence-electron chi connectivity index (χ3n) is 4.35. The van der Waals surface area contributed by atoms with Crippen LogP contribution in [0.4, 0.5) is 11.4 Å². The molecule has 0 unspecified atom stereocenters. The van der Waals surface area contributed by atoms with Crippen molar-refractivity contribution in [1.29, 1.82) is 0 Å². The minimum atomic E-state index is -0.297. The highest BCUT2D eigenvalue weighted by Gasteiger charge is 2.12. The molecule has 2 aromatic carbocycles. The lowest BCUT2D eigenvalue weighted by molar-refractivity contribution is -0.114. The Kier molecular flexibility index (Phi) is 6.87. The summed E-state index contributed by atoms with van der Waals surface area (Å²) in [7, 11) is 1.55. The van der Waals surface area contributed by atoms with E-state index in [1.165, 1.54) is 6.92 Å². The first kappa shape index (κ1) is 21.1. The fourth-order valence-electron chi connectivity index (χ4n) is 3.05. The van der Waals surface area contributed by atoms with E-state index in [0.29, 0.717) is 35.8 Å². The van der Waals surface area contributed by atoms with Gasteiger partial charge in [-0.15, -0.1) is 0 Å². The van der Waals surface area contributed by atoms with Gasteiger partial charge in [-0.25, -0.2) is 0 Å². The van der Waals surface area contributed by atoms with Crippen LogP contribution in [0.15, 0.2) is 59.0 Å². The quantitative estimate of drug-likeness (QED) is 0.523. The van der Waals surface area contributed by atoms with Crippen molar-refractivity contribution in [2.75, 3.05) is 17.7 Å². The summed E-state index contributed by atoms with van der Waals surface area (Å²) >= 11 is 0. The largest absolute Gasteiger partial charge is 0.495 e. The summed E-state index contributed by atoms with van der Waals surface area (Å²) in [5.41, 5.74) is 2.41. The average molecular weight is 407 g/mol. The Morgan fingerprint density at radius 2 is 1.80 bits per heavy atom. The van der Waals surface area contributed by atoms with E-state index in [1.807, 2.05) is 37.3 Å². The van der Waals surface area contributed by atoms with Crippen LogP contribution in [0, 0.1) is 6.92 Å². The summed E-state index contributed by atoms with van der Waals surface area (Å²) in [4.78, 5) is 24.4. The van der Waals surface area contributed by atoms with Crippen LogP contribution in [-0.4, -0.2) is 18.9 Å². The number of ether oxygens (including phenoxy) is 1. The number of aryl methyl sites for hydroxylation is 1. The number of hydrogen-bond donors (Lipinski definition) is 3. The second-order valence-electron chi connectivity index (χ2n) is 6.87. The van der Waals surface area contributed by atoms with Crippen molar-refractivity contribution < 1.29 is 18.7 Å². The monoisotopic (exact) mass is 407 g/mol. The molecule has 7 nitrogen and oxygen atoms in total. The highest BCUT2D eigenvalue weighted by molar-refractivity contribution is 6.06. The number of rotatable bonds is 8. The van der Waals surface area contributed by atoms with Gasteiger partial charge in [0.15, 0.2) is 0 Å². The topological polar surface area (TPSA) is 92.6 Å². The van der Waals surface area contributed by atoms with E-state index in [0.717, 1.165) is 17.1 Å². The molecule has 1 aromatic heterocycles. The molecule has 0 atom stereocenters. The Balaban J connectivity index is 1.77. The zero-order valence-electron chi connectivity index (χ0n) is 17.2. The Hall–Kier alpha value is -3.58. The minimum absolute atomic E-state index is 0.206. The molecule has 2 amide bonds. The Labute approximate surface area is 175 Å². The van der Waals surface area contributed by atoms with E-state index >= 15 is 0 Å². The molecule has 0 radical (unpaired) electrons. The van der Waals surface area contributed by atoms with Gasteiger partial charge < -0.3 is 25.1 Å². The second-order valence-corrected chi connectivity index (χ2v) is 6.87. The van der Waals surface area contributed by atoms with Crippen molar-refractivity contribution in [3.8, 4) is 5.75 Å². The molecule has 156 valence electrons. The average Bonchev–Trinajstić information content (AvgIpc) is 3.12. The normalized spacial score (nSPS) is 10.5. The van der Waals surface area contributed by atoms with E-state index in [4.69, 9.17) is 9.15 Å². The molecule has 3 N–H and O–H groups in total. The first-order chi connectivity index (χ1) is 14.4. The maximum Gasteiger partial charge on any atom is 0.255 e. The molecular weight excluding hydrogens is 382 g/mol. The first-order valence-corrected chi connectivity index (χ1v) is 9.56. The predicted molar refractivity (Wildman–Crippen MR) is 116 cm³/mol. The highest BCUT2D eigenvalue weighted by atomic mass is 16.5. The predicted octanol–water partition coefficient (Wildman–Crippen LogP) is 4.10. The molecule has 3 rings (SSSR count). The minimum Gasteiger partial charge on any atom is -0.495 e. The van der Waals surface area contributed by atoms with Crippen LogP contribution < -0.4 is 20.7 Å². The summed E-state index contributed by atoms with van der Waals surface area (Å²) in [5, 5.41) is 8.89.